The van der Waals surface area contributed by atoms with E-state index in [9.17, 15) is 42.7 Å². The number of nitrogens with zero attached hydrogens (tertiary/aromatic N) is 3. The summed E-state index contributed by atoms with van der Waals surface area (Å²) >= 11 is 16.0. The number of rotatable bonds is 6. The first-order valence-corrected chi connectivity index (χ1v) is 18.7. The second kappa shape index (κ2) is 13.7. The molecule has 3 heterocycles. The molecule has 1 saturated carbocycles. The fourth-order valence-corrected chi connectivity index (χ4v) is 9.68. The molecule has 0 bridgehead atoms. The lowest BCUT2D eigenvalue weighted by molar-refractivity contribution is -0.139. The van der Waals surface area contributed by atoms with Gasteiger partial charge in [0.2, 0.25) is 11.8 Å². The van der Waals surface area contributed by atoms with Crippen LogP contribution in [0.25, 0.3) is 0 Å². The number of anilines is 2. The number of nitrogens with one attached hydrogen (secondary N) is 1. The quantitative estimate of drug-likeness (QED) is 0.108. The SMILES string of the molecule is O=C1[C@@H]2C[C@@H]3C(=CC[C@@H]4C(=O)N(c5cccc(B(O)O)c5)C(=O)[C@@H]43)[C@H](c3cc(Br)ccc3O)[C@]2(c2ccc(Cl)cc2)C(=O)N1Nc1ncc(C(F)(F)F)cc1Cl. The molecule has 4 N–H and O–H groups in total. The number of carbonyl (C=O) groups is 4. The molecular formula is C38H27BBrCl2F3N4O7. The summed E-state index contributed by atoms with van der Waals surface area (Å²) in [4.78, 5) is 63.5. The molecule has 8 rings (SSSR count). The Morgan fingerprint density at radius 3 is 2.34 bits per heavy atom. The van der Waals surface area contributed by atoms with Crippen molar-refractivity contribution < 1.29 is 47.5 Å². The monoisotopic (exact) mass is 868 g/mol. The van der Waals surface area contributed by atoms with Crippen molar-refractivity contribution in [2.75, 3.05) is 10.3 Å². The molecule has 6 atom stereocenters. The summed E-state index contributed by atoms with van der Waals surface area (Å²) in [5.74, 6) is -8.59. The number of phenolic OH excluding ortho intramolecular Hbond substituents is 1. The molecule has 286 valence electrons. The van der Waals surface area contributed by atoms with Crippen molar-refractivity contribution in [3.05, 3.63) is 122 Å². The molecule has 4 aromatic rings. The maximum atomic E-state index is 15.3. The van der Waals surface area contributed by atoms with E-state index in [-0.39, 0.29) is 35.3 Å². The average Bonchev–Trinajstić information content (AvgIpc) is 3.54. The summed E-state index contributed by atoms with van der Waals surface area (Å²) in [6.45, 7) is 0. The van der Waals surface area contributed by atoms with Gasteiger partial charge in [-0.1, -0.05) is 75.0 Å². The maximum absolute atomic E-state index is 15.3. The number of pyridine rings is 1. The number of aromatic hydroxyl groups is 1. The zero-order valence-corrected chi connectivity index (χ0v) is 31.6. The van der Waals surface area contributed by atoms with Gasteiger partial charge in [-0.2, -0.15) is 18.2 Å². The van der Waals surface area contributed by atoms with Gasteiger partial charge >= 0.3 is 13.3 Å². The number of allylic oxidation sites excluding steroid dienone is 2. The normalized spacial score (nSPS) is 25.9. The minimum Gasteiger partial charge on any atom is -0.508 e. The van der Waals surface area contributed by atoms with Crippen LogP contribution in [0.2, 0.25) is 10.0 Å². The molecular weight excluding hydrogens is 843 g/mol. The van der Waals surface area contributed by atoms with Crippen molar-refractivity contribution in [2.45, 2.75) is 30.4 Å². The Balaban J connectivity index is 1.31. The summed E-state index contributed by atoms with van der Waals surface area (Å²) in [5.41, 5.74) is 0.802. The molecule has 4 amide bonds. The van der Waals surface area contributed by atoms with E-state index in [0.717, 1.165) is 4.90 Å². The highest BCUT2D eigenvalue weighted by Crippen LogP contribution is 2.65. The van der Waals surface area contributed by atoms with Gasteiger partial charge in [0.05, 0.1) is 39.4 Å². The molecule has 2 aliphatic heterocycles. The van der Waals surface area contributed by atoms with Crippen LogP contribution in [0.15, 0.2) is 95.1 Å². The Bertz CT molecular complexity index is 2390. The first kappa shape index (κ1) is 38.2. The molecule has 3 aromatic carbocycles. The first-order valence-electron chi connectivity index (χ1n) is 17.2. The van der Waals surface area contributed by atoms with Gasteiger partial charge in [-0.05, 0) is 78.3 Å². The summed E-state index contributed by atoms with van der Waals surface area (Å²) in [7, 11) is -1.87. The molecule has 0 radical (unpaired) electrons. The molecule has 2 aliphatic carbocycles. The minimum atomic E-state index is -4.78. The van der Waals surface area contributed by atoms with Gasteiger partial charge < -0.3 is 15.2 Å². The lowest BCUT2D eigenvalue weighted by Crippen LogP contribution is -2.53. The molecule has 0 unspecified atom stereocenters. The lowest BCUT2D eigenvalue weighted by atomic mass is 9.49. The number of phenols is 1. The molecule has 11 nitrogen and oxygen atoms in total. The number of hydrogen-bond acceptors (Lipinski definition) is 9. The number of amides is 4. The van der Waals surface area contributed by atoms with E-state index in [1.54, 1.807) is 30.3 Å². The average molecular weight is 870 g/mol. The number of hydrogen-bond donors (Lipinski definition) is 4. The molecule has 56 heavy (non-hydrogen) atoms. The number of fused-ring (bicyclic) bond motifs is 4. The van der Waals surface area contributed by atoms with Crippen LogP contribution in [0.1, 0.15) is 35.4 Å². The molecule has 2 saturated heterocycles. The Morgan fingerprint density at radius 1 is 0.929 bits per heavy atom. The third-order valence-corrected chi connectivity index (χ3v) is 12.3. The zero-order valence-electron chi connectivity index (χ0n) is 28.5. The molecule has 3 fully saturated rings. The van der Waals surface area contributed by atoms with E-state index in [4.69, 9.17) is 23.2 Å². The predicted molar refractivity (Wildman–Crippen MR) is 201 cm³/mol. The Kier molecular flexibility index (Phi) is 9.35. The van der Waals surface area contributed by atoms with Crippen LogP contribution >= 0.6 is 39.1 Å². The third kappa shape index (κ3) is 5.83. The van der Waals surface area contributed by atoms with Crippen LogP contribution < -0.4 is 15.8 Å². The number of alkyl halides is 3. The fraction of sp³-hybridized carbons (Fsp3) is 0.237. The Hall–Kier alpha value is -4.74. The number of benzene rings is 3. The van der Waals surface area contributed by atoms with Crippen molar-refractivity contribution in [3.8, 4) is 5.75 Å². The van der Waals surface area contributed by atoms with Gasteiger partial charge in [-0.3, -0.25) is 29.5 Å². The van der Waals surface area contributed by atoms with Crippen LogP contribution in [0.3, 0.4) is 0 Å². The number of carbonyl (C=O) groups excluding carboxylic acids is 4. The summed E-state index contributed by atoms with van der Waals surface area (Å²) < 4.78 is 40.9. The number of halogens is 6. The highest BCUT2D eigenvalue weighted by molar-refractivity contribution is 9.10. The first-order chi connectivity index (χ1) is 26.5. The topological polar surface area (TPSA) is 160 Å². The van der Waals surface area contributed by atoms with Crippen molar-refractivity contribution in [3.63, 3.8) is 0 Å². The van der Waals surface area contributed by atoms with Gasteiger partial charge in [-0.15, -0.1) is 0 Å². The number of imide groups is 2. The third-order valence-electron chi connectivity index (χ3n) is 11.3. The predicted octanol–water partition coefficient (Wildman–Crippen LogP) is 5.74. The molecule has 18 heteroatoms. The van der Waals surface area contributed by atoms with E-state index >= 15 is 4.79 Å². The Labute approximate surface area is 335 Å². The minimum absolute atomic E-state index is 0.0534. The van der Waals surface area contributed by atoms with Crippen LogP contribution in [0.4, 0.5) is 24.7 Å². The molecule has 4 aliphatic rings. The van der Waals surface area contributed by atoms with Gasteiger partial charge in [0.1, 0.15) is 5.75 Å². The second-order valence-corrected chi connectivity index (χ2v) is 15.9. The van der Waals surface area contributed by atoms with Crippen molar-refractivity contribution in [1.29, 1.82) is 0 Å². The van der Waals surface area contributed by atoms with E-state index in [1.165, 1.54) is 42.5 Å². The second-order valence-electron chi connectivity index (χ2n) is 14.1. The highest BCUT2D eigenvalue weighted by atomic mass is 79.9. The largest absolute Gasteiger partial charge is 0.508 e. The highest BCUT2D eigenvalue weighted by Gasteiger charge is 2.70. The van der Waals surface area contributed by atoms with Crippen molar-refractivity contribution in [2.24, 2.45) is 23.7 Å². The summed E-state index contributed by atoms with van der Waals surface area (Å²) in [6.07, 6.45) is -2.58. The summed E-state index contributed by atoms with van der Waals surface area (Å²) in [5, 5.41) is 31.6. The van der Waals surface area contributed by atoms with E-state index in [2.05, 4.69) is 26.3 Å². The van der Waals surface area contributed by atoms with E-state index in [0.29, 0.717) is 37.9 Å². The van der Waals surface area contributed by atoms with Crippen molar-refractivity contribution in [1.82, 2.24) is 9.99 Å². The smallest absolute Gasteiger partial charge is 0.488 e. The summed E-state index contributed by atoms with van der Waals surface area (Å²) in [6, 6.07) is 17.2. The van der Waals surface area contributed by atoms with E-state index < -0.39 is 88.3 Å². The molecule has 0 spiro atoms. The Morgan fingerprint density at radius 2 is 1.66 bits per heavy atom. The van der Waals surface area contributed by atoms with Gasteiger partial charge in [-0.25, -0.2) is 4.98 Å². The van der Waals surface area contributed by atoms with Crippen molar-refractivity contribution >= 4 is 86.8 Å². The lowest BCUT2D eigenvalue weighted by Gasteiger charge is -2.50. The van der Waals surface area contributed by atoms with Crippen LogP contribution in [0.5, 0.6) is 5.75 Å². The van der Waals surface area contributed by atoms with Gasteiger partial charge in [0.25, 0.3) is 11.8 Å². The van der Waals surface area contributed by atoms with Crippen LogP contribution in [-0.2, 0) is 30.8 Å². The van der Waals surface area contributed by atoms with Gasteiger partial charge in [0.15, 0.2) is 5.82 Å². The maximum Gasteiger partial charge on any atom is 0.488 e. The zero-order chi connectivity index (χ0) is 40.0. The van der Waals surface area contributed by atoms with E-state index in [1.807, 2.05) is 0 Å². The van der Waals surface area contributed by atoms with Crippen LogP contribution in [-0.4, -0.2) is 55.9 Å². The van der Waals surface area contributed by atoms with Gasteiger partial charge in [0, 0.05) is 27.2 Å². The standard InChI is InChI=1S/C38H27BBrCl2F3N4O7/c40-20-6-11-29(50)26(14-20)31-23-9-10-24-30(35(53)48(33(24)51)22-3-1-2-19(13-22)39(55)56)25(23)15-27-34(52)49(36(54)37(27,31)17-4-7-21(41)8-5-17)47-32-28(42)12-18(16-46-32)38(43,44)45/h1-9,11-14,16,24-25,27,30-31,50,55-56H,10,15H2,(H,46,47)/t24-,25+,27-,30-,31+,37+/m0/s1. The number of aromatic nitrogens is 1. The number of hydrazine groups is 1. The van der Waals surface area contributed by atoms with Crippen LogP contribution in [0, 0.1) is 23.7 Å². The molecule has 1 aromatic heterocycles. The fourth-order valence-electron chi connectivity index (χ4n) is 8.96.